The Morgan fingerprint density at radius 2 is 2.00 bits per heavy atom. The third-order valence-electron chi connectivity index (χ3n) is 3.30. The monoisotopic (exact) mass is 302 g/mol. The molecule has 0 spiro atoms. The maximum absolute atomic E-state index is 11.5. The highest BCUT2D eigenvalue weighted by atomic mass is 35.5. The third-order valence-corrected chi connectivity index (χ3v) is 5.21. The van der Waals surface area contributed by atoms with E-state index < -0.39 is 9.84 Å². The second-order valence-electron chi connectivity index (χ2n) is 4.67. The van der Waals surface area contributed by atoms with E-state index in [1.54, 1.807) is 0 Å². The van der Waals surface area contributed by atoms with Gasteiger partial charge in [0.25, 0.3) is 0 Å². The van der Waals surface area contributed by atoms with Gasteiger partial charge in [-0.25, -0.2) is 8.42 Å². The number of benzene rings is 1. The van der Waals surface area contributed by atoms with Crippen LogP contribution < -0.4 is 10.2 Å². The molecule has 0 radical (unpaired) electrons. The number of sulfone groups is 1. The lowest BCUT2D eigenvalue weighted by Crippen LogP contribution is -2.41. The molecule has 6 heteroatoms. The van der Waals surface area contributed by atoms with Gasteiger partial charge in [-0.05, 0) is 18.2 Å². The normalized spacial score (nSPS) is 18.5. The van der Waals surface area contributed by atoms with Crippen LogP contribution in [0.15, 0.2) is 18.2 Å². The smallest absolute Gasteiger partial charge is 0.153 e. The zero-order chi connectivity index (χ0) is 13.9. The first kappa shape index (κ1) is 14.6. The zero-order valence-electron chi connectivity index (χ0n) is 11.0. The van der Waals surface area contributed by atoms with Crippen molar-refractivity contribution in [3.63, 3.8) is 0 Å². The van der Waals surface area contributed by atoms with Crippen molar-refractivity contribution in [2.75, 3.05) is 36.0 Å². The predicted octanol–water partition coefficient (Wildman–Crippen LogP) is 1.68. The molecular weight excluding hydrogens is 284 g/mol. The number of hydrogen-bond donors (Lipinski definition) is 1. The van der Waals surface area contributed by atoms with Gasteiger partial charge in [0.15, 0.2) is 9.84 Å². The Kier molecular flexibility index (Phi) is 4.71. The van der Waals surface area contributed by atoms with Crippen LogP contribution in [0, 0.1) is 0 Å². The molecule has 1 heterocycles. The van der Waals surface area contributed by atoms with E-state index >= 15 is 0 Å². The van der Waals surface area contributed by atoms with E-state index in [0.29, 0.717) is 18.1 Å². The zero-order valence-corrected chi connectivity index (χ0v) is 12.6. The maximum Gasteiger partial charge on any atom is 0.153 e. The minimum Gasteiger partial charge on any atom is -0.368 e. The lowest BCUT2D eigenvalue weighted by atomic mass is 10.1. The van der Waals surface area contributed by atoms with Crippen molar-refractivity contribution in [2.24, 2.45) is 0 Å². The standard InChI is InChI=1S/C13H19ClN2O2S/c1-2-15-10-11-4-3-5-12(14)13(11)16-6-8-19(17,18)9-7-16/h3-5,15H,2,6-10H2,1H3. The van der Waals surface area contributed by atoms with E-state index in [4.69, 9.17) is 11.6 Å². The molecule has 0 saturated carbocycles. The summed E-state index contributed by atoms with van der Waals surface area (Å²) in [5.74, 6) is 0.414. The van der Waals surface area contributed by atoms with Gasteiger partial charge in [0, 0.05) is 19.6 Å². The first-order chi connectivity index (χ1) is 9.03. The van der Waals surface area contributed by atoms with Crippen LogP contribution in [-0.4, -0.2) is 39.6 Å². The summed E-state index contributed by atoms with van der Waals surface area (Å²) in [5, 5.41) is 3.97. The largest absolute Gasteiger partial charge is 0.368 e. The molecule has 4 nitrogen and oxygen atoms in total. The van der Waals surface area contributed by atoms with Gasteiger partial charge in [-0.15, -0.1) is 0 Å². The fraction of sp³-hybridized carbons (Fsp3) is 0.538. The van der Waals surface area contributed by atoms with E-state index in [-0.39, 0.29) is 11.5 Å². The Morgan fingerprint density at radius 1 is 1.32 bits per heavy atom. The van der Waals surface area contributed by atoms with Crippen LogP contribution in [0.5, 0.6) is 0 Å². The number of nitrogens with one attached hydrogen (secondary N) is 1. The first-order valence-electron chi connectivity index (χ1n) is 6.47. The maximum atomic E-state index is 11.5. The van der Waals surface area contributed by atoms with Gasteiger partial charge < -0.3 is 10.2 Å². The van der Waals surface area contributed by atoms with Crippen LogP contribution in [0.3, 0.4) is 0 Å². The van der Waals surface area contributed by atoms with Gasteiger partial charge in [0.2, 0.25) is 0 Å². The molecule has 19 heavy (non-hydrogen) atoms. The van der Waals surface area contributed by atoms with Crippen LogP contribution in [0.1, 0.15) is 12.5 Å². The molecule has 2 rings (SSSR count). The minimum atomic E-state index is -2.87. The Labute approximate surface area is 119 Å². The average molecular weight is 303 g/mol. The number of hydrogen-bond acceptors (Lipinski definition) is 4. The summed E-state index contributed by atoms with van der Waals surface area (Å²) in [6, 6.07) is 5.82. The van der Waals surface area contributed by atoms with Gasteiger partial charge in [0.1, 0.15) is 0 Å². The van der Waals surface area contributed by atoms with Crippen LogP contribution in [-0.2, 0) is 16.4 Å². The van der Waals surface area contributed by atoms with E-state index in [1.165, 1.54) is 0 Å². The van der Waals surface area contributed by atoms with Gasteiger partial charge in [-0.2, -0.15) is 0 Å². The number of para-hydroxylation sites is 1. The Morgan fingerprint density at radius 3 is 2.63 bits per heavy atom. The van der Waals surface area contributed by atoms with Crippen molar-refractivity contribution in [3.8, 4) is 0 Å². The topological polar surface area (TPSA) is 49.4 Å². The summed E-state index contributed by atoms with van der Waals surface area (Å²) in [6.45, 7) is 4.73. The third kappa shape index (κ3) is 3.61. The second-order valence-corrected chi connectivity index (χ2v) is 7.38. The fourth-order valence-corrected chi connectivity index (χ4v) is 3.77. The van der Waals surface area contributed by atoms with E-state index in [1.807, 2.05) is 18.2 Å². The highest BCUT2D eigenvalue weighted by molar-refractivity contribution is 7.91. The van der Waals surface area contributed by atoms with Gasteiger partial charge in [-0.1, -0.05) is 30.7 Å². The molecule has 1 fully saturated rings. The summed E-state index contributed by atoms with van der Waals surface area (Å²) >= 11 is 6.29. The molecule has 0 aromatic heterocycles. The van der Waals surface area contributed by atoms with Gasteiger partial charge in [0.05, 0.1) is 22.2 Å². The molecule has 0 aliphatic carbocycles. The number of halogens is 1. The van der Waals surface area contributed by atoms with E-state index in [2.05, 4.69) is 17.1 Å². The summed E-state index contributed by atoms with van der Waals surface area (Å²) in [5.41, 5.74) is 2.09. The molecule has 0 unspecified atom stereocenters. The number of rotatable bonds is 4. The molecular formula is C13H19ClN2O2S. The second kappa shape index (κ2) is 6.11. The first-order valence-corrected chi connectivity index (χ1v) is 8.67. The van der Waals surface area contributed by atoms with Crippen molar-refractivity contribution in [2.45, 2.75) is 13.5 Å². The van der Waals surface area contributed by atoms with Crippen molar-refractivity contribution in [1.82, 2.24) is 5.32 Å². The molecule has 1 N–H and O–H groups in total. The van der Waals surface area contributed by atoms with Crippen LogP contribution in [0.25, 0.3) is 0 Å². The SMILES string of the molecule is CCNCc1cccc(Cl)c1N1CCS(=O)(=O)CC1. The van der Waals surface area contributed by atoms with Crippen LogP contribution in [0.4, 0.5) is 5.69 Å². The van der Waals surface area contributed by atoms with E-state index in [0.717, 1.165) is 24.3 Å². The summed E-state index contributed by atoms with van der Waals surface area (Å²) < 4.78 is 23.0. The fourth-order valence-electron chi connectivity index (χ4n) is 2.25. The Hall–Kier alpha value is -0.780. The predicted molar refractivity (Wildman–Crippen MR) is 79.7 cm³/mol. The molecule has 1 saturated heterocycles. The van der Waals surface area contributed by atoms with Crippen molar-refractivity contribution >= 4 is 27.1 Å². The van der Waals surface area contributed by atoms with Crippen molar-refractivity contribution in [3.05, 3.63) is 28.8 Å². The summed E-state index contributed by atoms with van der Waals surface area (Å²) in [6.07, 6.45) is 0. The molecule has 0 bridgehead atoms. The molecule has 0 atom stereocenters. The summed E-state index contributed by atoms with van der Waals surface area (Å²) in [7, 11) is -2.87. The number of nitrogens with zero attached hydrogens (tertiary/aromatic N) is 1. The highest BCUT2D eigenvalue weighted by Crippen LogP contribution is 2.31. The quantitative estimate of drug-likeness (QED) is 0.919. The summed E-state index contributed by atoms with van der Waals surface area (Å²) in [4.78, 5) is 2.08. The molecule has 0 amide bonds. The molecule has 1 aliphatic heterocycles. The molecule has 106 valence electrons. The number of anilines is 1. The minimum absolute atomic E-state index is 0.207. The van der Waals surface area contributed by atoms with Crippen molar-refractivity contribution < 1.29 is 8.42 Å². The highest BCUT2D eigenvalue weighted by Gasteiger charge is 2.24. The Bertz CT molecular complexity index is 532. The lowest BCUT2D eigenvalue weighted by Gasteiger charge is -2.31. The van der Waals surface area contributed by atoms with Gasteiger partial charge >= 0.3 is 0 Å². The van der Waals surface area contributed by atoms with Gasteiger partial charge in [-0.3, -0.25) is 0 Å². The molecule has 1 aliphatic rings. The van der Waals surface area contributed by atoms with Crippen LogP contribution in [0.2, 0.25) is 5.02 Å². The lowest BCUT2D eigenvalue weighted by molar-refractivity contribution is 0.586. The average Bonchev–Trinajstić information content (AvgIpc) is 2.37. The van der Waals surface area contributed by atoms with E-state index in [9.17, 15) is 8.42 Å². The van der Waals surface area contributed by atoms with Crippen LogP contribution >= 0.6 is 11.6 Å². The molecule has 1 aromatic carbocycles. The Balaban J connectivity index is 2.23. The van der Waals surface area contributed by atoms with Crippen molar-refractivity contribution in [1.29, 1.82) is 0 Å². The molecule has 1 aromatic rings.